The number of ether oxygens (including phenoxy) is 4. The van der Waals surface area contributed by atoms with Gasteiger partial charge in [0.1, 0.15) is 50.1 Å². The minimum absolute atomic E-state index is 0.0992. The summed E-state index contributed by atoms with van der Waals surface area (Å²) < 4.78 is 49.8. The molecule has 0 aromatic heterocycles. The molecule has 0 saturated carbocycles. The van der Waals surface area contributed by atoms with Gasteiger partial charge in [-0.05, 0) is 50.2 Å². The predicted octanol–water partition coefficient (Wildman–Crippen LogP) is 6.53. The molecule has 8 heteroatoms. The standard InChI is InChI=1S/C30H35O7P/c1-3-20-32-22-28(24-34-26-14-8-5-9-15-26)36-38(31,30-18-12-7-13-19-30)37-29(23-33-21-4-2)25-35-27-16-10-6-11-17-27/h3-21,28-29H,22-25H2,1-2H3/b20-3-,21-4+. The Balaban J connectivity index is 1.82. The summed E-state index contributed by atoms with van der Waals surface area (Å²) in [6, 6.07) is 27.5. The van der Waals surface area contributed by atoms with Gasteiger partial charge in [0, 0.05) is 0 Å². The number of benzene rings is 3. The highest BCUT2D eigenvalue weighted by atomic mass is 31.2. The van der Waals surface area contributed by atoms with Gasteiger partial charge in [-0.2, -0.15) is 0 Å². The van der Waals surface area contributed by atoms with Crippen LogP contribution in [0.15, 0.2) is 116 Å². The molecule has 0 bridgehead atoms. The molecule has 0 saturated heterocycles. The van der Waals surface area contributed by atoms with Crippen molar-refractivity contribution >= 4 is 12.9 Å². The Morgan fingerprint density at radius 3 is 1.39 bits per heavy atom. The van der Waals surface area contributed by atoms with Gasteiger partial charge in [0.2, 0.25) is 0 Å². The molecule has 3 atom stereocenters. The van der Waals surface area contributed by atoms with Crippen LogP contribution in [0, 0.1) is 0 Å². The van der Waals surface area contributed by atoms with Crippen molar-refractivity contribution in [3.63, 3.8) is 0 Å². The topological polar surface area (TPSA) is 72.5 Å². The Bertz CT molecular complexity index is 1070. The van der Waals surface area contributed by atoms with Gasteiger partial charge < -0.3 is 18.9 Å². The maximum atomic E-state index is 14.4. The van der Waals surface area contributed by atoms with Crippen molar-refractivity contribution in [2.45, 2.75) is 26.1 Å². The van der Waals surface area contributed by atoms with E-state index in [-0.39, 0.29) is 26.4 Å². The first-order valence-corrected chi connectivity index (χ1v) is 14.0. The lowest BCUT2D eigenvalue weighted by Crippen LogP contribution is -2.32. The normalized spacial score (nSPS) is 14.6. The van der Waals surface area contributed by atoms with Crippen molar-refractivity contribution in [1.29, 1.82) is 0 Å². The lowest BCUT2D eigenvalue weighted by Gasteiger charge is -2.28. The smallest absolute Gasteiger partial charge is 0.362 e. The molecule has 0 N–H and O–H groups in total. The molecule has 7 nitrogen and oxygen atoms in total. The molecule has 0 fully saturated rings. The number of rotatable bonds is 17. The van der Waals surface area contributed by atoms with Crippen LogP contribution in [-0.4, -0.2) is 38.6 Å². The highest BCUT2D eigenvalue weighted by Crippen LogP contribution is 2.49. The van der Waals surface area contributed by atoms with Gasteiger partial charge in [0.25, 0.3) is 0 Å². The van der Waals surface area contributed by atoms with Crippen molar-refractivity contribution < 1.29 is 32.6 Å². The molecule has 38 heavy (non-hydrogen) atoms. The maximum absolute atomic E-state index is 14.4. The van der Waals surface area contributed by atoms with Crippen molar-refractivity contribution in [2.75, 3.05) is 26.4 Å². The summed E-state index contributed by atoms with van der Waals surface area (Å²) in [6.45, 7) is 4.10. The van der Waals surface area contributed by atoms with E-state index in [0.717, 1.165) is 0 Å². The molecule has 3 rings (SSSR count). The van der Waals surface area contributed by atoms with Crippen molar-refractivity contribution in [2.24, 2.45) is 0 Å². The predicted molar refractivity (Wildman–Crippen MR) is 149 cm³/mol. The summed E-state index contributed by atoms with van der Waals surface area (Å²) >= 11 is 0. The van der Waals surface area contributed by atoms with Crippen LogP contribution in [0.25, 0.3) is 0 Å². The number of para-hydroxylation sites is 2. The summed E-state index contributed by atoms with van der Waals surface area (Å²) in [5.41, 5.74) is 0. The second-order valence-corrected chi connectivity index (χ2v) is 10.1. The third-order valence-corrected chi connectivity index (χ3v) is 7.12. The fourth-order valence-electron chi connectivity index (χ4n) is 3.30. The SMILES string of the molecule is C/C=C\OCC(COc1ccccc1)OP(=O)(OC(CO/C=C/C)COc1ccccc1)c1ccccc1. The van der Waals surface area contributed by atoms with Gasteiger partial charge >= 0.3 is 7.60 Å². The first-order chi connectivity index (χ1) is 18.6. The van der Waals surface area contributed by atoms with Crippen LogP contribution in [-0.2, 0) is 23.1 Å². The van der Waals surface area contributed by atoms with E-state index in [1.54, 1.807) is 48.9 Å². The molecule has 202 valence electrons. The summed E-state index contributed by atoms with van der Waals surface area (Å²) in [4.78, 5) is 0. The molecule has 3 unspecified atom stereocenters. The van der Waals surface area contributed by atoms with Gasteiger partial charge in [-0.3, -0.25) is 13.6 Å². The van der Waals surface area contributed by atoms with E-state index in [0.29, 0.717) is 16.8 Å². The fraction of sp³-hybridized carbons (Fsp3) is 0.267. The minimum Gasteiger partial charge on any atom is -0.499 e. The first kappa shape index (κ1) is 29.1. The molecule has 0 spiro atoms. The van der Waals surface area contributed by atoms with Crippen LogP contribution in [0.3, 0.4) is 0 Å². The van der Waals surface area contributed by atoms with Gasteiger partial charge in [-0.1, -0.05) is 66.7 Å². The third-order valence-electron chi connectivity index (χ3n) is 5.04. The molecule has 0 amide bonds. The van der Waals surface area contributed by atoms with Crippen LogP contribution < -0.4 is 14.8 Å². The largest absolute Gasteiger partial charge is 0.499 e. The molecule has 0 aliphatic carbocycles. The lowest BCUT2D eigenvalue weighted by molar-refractivity contribution is 0.0203. The molecule has 0 aliphatic rings. The van der Waals surface area contributed by atoms with Crippen molar-refractivity contribution in [3.05, 3.63) is 116 Å². The summed E-state index contributed by atoms with van der Waals surface area (Å²) in [5, 5.41) is 0.409. The van der Waals surface area contributed by atoms with Gasteiger partial charge in [0.05, 0.1) is 17.8 Å². The quantitative estimate of drug-likeness (QED) is 0.143. The van der Waals surface area contributed by atoms with Gasteiger partial charge in [-0.25, -0.2) is 0 Å². The molecule has 0 heterocycles. The average Bonchev–Trinajstić information content (AvgIpc) is 2.96. The Kier molecular flexibility index (Phi) is 12.5. The molecule has 0 aliphatic heterocycles. The van der Waals surface area contributed by atoms with E-state index >= 15 is 0 Å². The van der Waals surface area contributed by atoms with E-state index in [9.17, 15) is 4.57 Å². The zero-order chi connectivity index (χ0) is 26.9. The van der Waals surface area contributed by atoms with Crippen LogP contribution in [0.1, 0.15) is 13.8 Å². The number of hydrogen-bond donors (Lipinski definition) is 0. The second-order valence-electron chi connectivity index (χ2n) is 8.14. The van der Waals surface area contributed by atoms with Crippen molar-refractivity contribution in [1.82, 2.24) is 0 Å². The number of allylic oxidation sites excluding steroid dienone is 2. The van der Waals surface area contributed by atoms with E-state index in [1.807, 2.05) is 80.6 Å². The summed E-state index contributed by atoms with van der Waals surface area (Å²) in [7, 11) is -3.89. The molecule has 0 radical (unpaired) electrons. The highest BCUT2D eigenvalue weighted by molar-refractivity contribution is 7.62. The number of hydrogen-bond acceptors (Lipinski definition) is 7. The van der Waals surface area contributed by atoms with Crippen LogP contribution in [0.4, 0.5) is 0 Å². The monoisotopic (exact) mass is 538 g/mol. The summed E-state index contributed by atoms with van der Waals surface area (Å²) in [6.07, 6.45) is 5.22. The van der Waals surface area contributed by atoms with Gasteiger partial charge in [-0.15, -0.1) is 0 Å². The van der Waals surface area contributed by atoms with Gasteiger partial charge in [0.15, 0.2) is 0 Å². The third kappa shape index (κ3) is 10.1. The van der Waals surface area contributed by atoms with E-state index in [2.05, 4.69) is 0 Å². The van der Waals surface area contributed by atoms with Crippen LogP contribution in [0.5, 0.6) is 11.5 Å². The van der Waals surface area contributed by atoms with E-state index in [4.69, 9.17) is 28.0 Å². The van der Waals surface area contributed by atoms with Crippen LogP contribution >= 0.6 is 7.60 Å². The zero-order valence-corrected chi connectivity index (χ0v) is 22.7. The molecular formula is C30H35O7P. The van der Waals surface area contributed by atoms with E-state index < -0.39 is 19.8 Å². The average molecular weight is 539 g/mol. The lowest BCUT2D eigenvalue weighted by atomic mass is 10.3. The Morgan fingerprint density at radius 2 is 1.00 bits per heavy atom. The fourth-order valence-corrected chi connectivity index (χ4v) is 5.16. The molecule has 3 aromatic carbocycles. The van der Waals surface area contributed by atoms with Crippen molar-refractivity contribution in [3.8, 4) is 11.5 Å². The Labute approximate surface area is 225 Å². The minimum atomic E-state index is -3.89. The van der Waals surface area contributed by atoms with E-state index in [1.165, 1.54) is 0 Å². The molecule has 3 aromatic rings. The molecular weight excluding hydrogens is 503 g/mol. The Morgan fingerprint density at radius 1 is 0.605 bits per heavy atom. The highest BCUT2D eigenvalue weighted by Gasteiger charge is 2.35. The second kappa shape index (κ2) is 16.4. The summed E-state index contributed by atoms with van der Waals surface area (Å²) in [5.74, 6) is 1.33. The first-order valence-electron chi connectivity index (χ1n) is 12.5. The Hall–Kier alpha value is -3.51. The van der Waals surface area contributed by atoms with Crippen LogP contribution in [0.2, 0.25) is 0 Å². The maximum Gasteiger partial charge on any atom is 0.362 e. The zero-order valence-electron chi connectivity index (χ0n) is 21.8.